The Balaban J connectivity index is 1.58. The summed E-state index contributed by atoms with van der Waals surface area (Å²) in [5.74, 6) is 0.945. The maximum Gasteiger partial charge on any atom is 0.120 e. The second-order valence-corrected chi connectivity index (χ2v) is 8.44. The summed E-state index contributed by atoms with van der Waals surface area (Å²) in [6.07, 6.45) is 4.66. The van der Waals surface area contributed by atoms with Crippen LogP contribution in [0.4, 0.5) is 5.69 Å². The van der Waals surface area contributed by atoms with E-state index in [1.54, 1.807) is 4.90 Å². The number of nitriles is 1. The summed E-state index contributed by atoms with van der Waals surface area (Å²) >= 11 is 6.21. The van der Waals surface area contributed by atoms with Crippen LogP contribution in [0.3, 0.4) is 0 Å². The van der Waals surface area contributed by atoms with E-state index in [-0.39, 0.29) is 5.92 Å². The average molecular weight is 418 g/mol. The van der Waals surface area contributed by atoms with Gasteiger partial charge in [-0.1, -0.05) is 29.8 Å². The number of likely N-dealkylation sites (N-methyl/N-ethyl adjacent to an activating group) is 1. The third-order valence-corrected chi connectivity index (χ3v) is 6.05. The van der Waals surface area contributed by atoms with E-state index < -0.39 is 0 Å². The number of rotatable bonds is 2. The minimum Gasteiger partial charge on any atom is -0.295 e. The number of halogens is 1. The molecule has 0 aromatic heterocycles. The quantitative estimate of drug-likeness (QED) is 0.514. The number of nitrogens with one attached hydrogen (secondary N) is 2. The highest BCUT2D eigenvalue weighted by Crippen LogP contribution is 2.35. The van der Waals surface area contributed by atoms with Gasteiger partial charge in [-0.2, -0.15) is 5.26 Å². The minimum absolute atomic E-state index is 0.0557. The third-order valence-electron chi connectivity index (χ3n) is 5.81. The Hall–Kier alpha value is -2.94. The number of fused-ring (bicyclic) bond motifs is 1. The van der Waals surface area contributed by atoms with Crippen LogP contribution >= 0.6 is 11.6 Å². The molecule has 6 heteroatoms. The van der Waals surface area contributed by atoms with Crippen LogP contribution in [0.15, 0.2) is 48.5 Å². The van der Waals surface area contributed by atoms with E-state index in [1.165, 1.54) is 5.57 Å². The lowest BCUT2D eigenvalue weighted by molar-refractivity contribution is 0.376. The topological polar surface area (TPSA) is 78.0 Å². The molecule has 2 aromatic rings. The van der Waals surface area contributed by atoms with Crippen LogP contribution in [0.5, 0.6) is 0 Å². The fourth-order valence-corrected chi connectivity index (χ4v) is 4.50. The zero-order valence-corrected chi connectivity index (χ0v) is 17.7. The van der Waals surface area contributed by atoms with Crippen molar-refractivity contribution < 1.29 is 0 Å². The zero-order valence-electron chi connectivity index (χ0n) is 17.0. The van der Waals surface area contributed by atoms with Crippen molar-refractivity contribution in [2.24, 2.45) is 5.92 Å². The summed E-state index contributed by atoms with van der Waals surface area (Å²) < 4.78 is 0. The second kappa shape index (κ2) is 8.43. The van der Waals surface area contributed by atoms with Crippen molar-refractivity contribution in [1.82, 2.24) is 4.90 Å². The number of anilines is 1. The highest BCUT2D eigenvalue weighted by Gasteiger charge is 2.30. The van der Waals surface area contributed by atoms with Gasteiger partial charge in [-0.15, -0.1) is 0 Å². The number of amidine groups is 2. The van der Waals surface area contributed by atoms with Gasteiger partial charge in [-0.25, -0.2) is 0 Å². The maximum atomic E-state index is 9.15. The minimum atomic E-state index is 0.0557. The molecule has 0 saturated heterocycles. The predicted molar refractivity (Wildman–Crippen MR) is 122 cm³/mol. The van der Waals surface area contributed by atoms with Crippen molar-refractivity contribution >= 4 is 34.5 Å². The number of allylic oxidation sites excluding steroid dienone is 2. The van der Waals surface area contributed by atoms with E-state index >= 15 is 0 Å². The Morgan fingerprint density at radius 2 is 2.03 bits per heavy atom. The molecule has 1 aliphatic heterocycles. The summed E-state index contributed by atoms with van der Waals surface area (Å²) in [5, 5.41) is 27.4. The van der Waals surface area contributed by atoms with Gasteiger partial charge in [-0.3, -0.25) is 20.6 Å². The van der Waals surface area contributed by atoms with Crippen LogP contribution in [0.2, 0.25) is 5.02 Å². The molecule has 2 N–H and O–H groups in total. The molecule has 1 aliphatic carbocycles. The summed E-state index contributed by atoms with van der Waals surface area (Å²) in [7, 11) is 1.98. The lowest BCUT2D eigenvalue weighted by atomic mass is 9.85. The van der Waals surface area contributed by atoms with E-state index in [0.717, 1.165) is 36.1 Å². The molecule has 4 rings (SSSR count). The van der Waals surface area contributed by atoms with Gasteiger partial charge in [0.1, 0.15) is 11.7 Å². The fraction of sp³-hybridized carbons (Fsp3) is 0.292. The molecule has 30 heavy (non-hydrogen) atoms. The van der Waals surface area contributed by atoms with Gasteiger partial charge in [-0.05, 0) is 73.3 Å². The first-order chi connectivity index (χ1) is 14.5. The summed E-state index contributed by atoms with van der Waals surface area (Å²) in [5.41, 5.74) is 4.91. The van der Waals surface area contributed by atoms with E-state index in [4.69, 9.17) is 27.7 Å². The zero-order chi connectivity index (χ0) is 21.3. The molecular weight excluding hydrogens is 394 g/mol. The molecule has 2 aliphatic rings. The first-order valence-corrected chi connectivity index (χ1v) is 10.5. The van der Waals surface area contributed by atoms with E-state index in [1.807, 2.05) is 49.5 Å². The van der Waals surface area contributed by atoms with Gasteiger partial charge in [0, 0.05) is 17.5 Å². The predicted octanol–water partition coefficient (Wildman–Crippen LogP) is 5.30. The van der Waals surface area contributed by atoms with Crippen molar-refractivity contribution in [2.45, 2.75) is 25.8 Å². The first-order valence-electron chi connectivity index (χ1n) is 10.1. The maximum absolute atomic E-state index is 9.15. The molecule has 1 atom stereocenters. The second-order valence-electron chi connectivity index (χ2n) is 8.01. The molecule has 0 amide bonds. The van der Waals surface area contributed by atoms with E-state index in [0.29, 0.717) is 35.3 Å². The Labute approximate surface area is 182 Å². The standard InChI is InChI=1S/C24H24ClN5/c1-29-14-20-12-21(25)9-10-22(20)30(23(27)15-29)24(28)18-7-5-17(6-8-18)19-4-2-3-16(11-19)13-26/h2-5,9-12,18,27-28H,6-8,14-15H2,1H3. The highest BCUT2D eigenvalue weighted by molar-refractivity contribution is 6.31. The average Bonchev–Trinajstić information content (AvgIpc) is 2.87. The molecule has 152 valence electrons. The SMILES string of the molecule is CN1CC(=N)N(C(=N)C2CC=C(c3cccc(C#N)c3)CC2)c2ccc(Cl)cc2C1. The normalized spacial score (nSPS) is 19.5. The smallest absolute Gasteiger partial charge is 0.120 e. The molecular formula is C24H24ClN5. The number of benzene rings is 2. The molecule has 5 nitrogen and oxygen atoms in total. The highest BCUT2D eigenvalue weighted by atomic mass is 35.5. The van der Waals surface area contributed by atoms with Crippen LogP contribution in [-0.4, -0.2) is 30.2 Å². The van der Waals surface area contributed by atoms with Crippen molar-refractivity contribution in [2.75, 3.05) is 18.5 Å². The molecule has 0 fully saturated rings. The number of hydrogen-bond donors (Lipinski definition) is 2. The van der Waals surface area contributed by atoms with Gasteiger partial charge < -0.3 is 0 Å². The third kappa shape index (κ3) is 4.02. The summed E-state index contributed by atoms with van der Waals surface area (Å²) in [6.45, 7) is 1.19. The summed E-state index contributed by atoms with van der Waals surface area (Å²) in [4.78, 5) is 3.88. The lowest BCUT2D eigenvalue weighted by Crippen LogP contribution is -2.43. The van der Waals surface area contributed by atoms with Crippen molar-refractivity contribution in [3.63, 3.8) is 0 Å². The van der Waals surface area contributed by atoms with Crippen molar-refractivity contribution in [3.05, 3.63) is 70.3 Å². The van der Waals surface area contributed by atoms with E-state index in [9.17, 15) is 0 Å². The number of hydrogen-bond acceptors (Lipinski definition) is 4. The van der Waals surface area contributed by atoms with Crippen LogP contribution in [-0.2, 0) is 6.54 Å². The number of nitrogens with zero attached hydrogens (tertiary/aromatic N) is 3. The molecule has 0 bridgehead atoms. The van der Waals surface area contributed by atoms with Crippen LogP contribution < -0.4 is 4.90 Å². The Morgan fingerprint density at radius 1 is 1.20 bits per heavy atom. The Morgan fingerprint density at radius 3 is 2.77 bits per heavy atom. The van der Waals surface area contributed by atoms with Gasteiger partial charge >= 0.3 is 0 Å². The molecule has 1 heterocycles. The Kier molecular flexibility index (Phi) is 5.72. The van der Waals surface area contributed by atoms with Gasteiger partial charge in [0.2, 0.25) is 0 Å². The molecule has 2 aromatic carbocycles. The summed E-state index contributed by atoms with van der Waals surface area (Å²) in [6, 6.07) is 15.6. The van der Waals surface area contributed by atoms with Gasteiger partial charge in [0.15, 0.2) is 0 Å². The molecule has 0 spiro atoms. The molecule has 0 radical (unpaired) electrons. The fourth-order valence-electron chi connectivity index (χ4n) is 4.31. The Bertz CT molecular complexity index is 1080. The molecule has 1 unspecified atom stereocenters. The molecule has 0 saturated carbocycles. The van der Waals surface area contributed by atoms with Gasteiger partial charge in [0.25, 0.3) is 0 Å². The monoisotopic (exact) mass is 417 g/mol. The van der Waals surface area contributed by atoms with Crippen LogP contribution in [0, 0.1) is 28.1 Å². The van der Waals surface area contributed by atoms with Crippen molar-refractivity contribution in [3.8, 4) is 6.07 Å². The van der Waals surface area contributed by atoms with Crippen LogP contribution in [0.25, 0.3) is 5.57 Å². The lowest BCUT2D eigenvalue weighted by Gasteiger charge is -2.32. The first kappa shape index (κ1) is 20.3. The van der Waals surface area contributed by atoms with Crippen LogP contribution in [0.1, 0.15) is 36.0 Å². The largest absolute Gasteiger partial charge is 0.295 e. The van der Waals surface area contributed by atoms with Gasteiger partial charge in [0.05, 0.1) is 23.9 Å². The van der Waals surface area contributed by atoms with Crippen molar-refractivity contribution in [1.29, 1.82) is 16.1 Å². The van der Waals surface area contributed by atoms with E-state index in [2.05, 4.69) is 17.0 Å².